The SMILES string of the molecule is CCNCc1cncc(Oc2ccc(Cl)cc2C)c1. The lowest BCUT2D eigenvalue weighted by Crippen LogP contribution is -2.11. The van der Waals surface area contributed by atoms with Crippen LogP contribution in [0.4, 0.5) is 0 Å². The largest absolute Gasteiger partial charge is 0.455 e. The summed E-state index contributed by atoms with van der Waals surface area (Å²) in [5.74, 6) is 1.53. The van der Waals surface area contributed by atoms with E-state index in [1.54, 1.807) is 6.20 Å². The van der Waals surface area contributed by atoms with E-state index in [2.05, 4.69) is 17.2 Å². The van der Waals surface area contributed by atoms with Crippen LogP contribution in [0.3, 0.4) is 0 Å². The topological polar surface area (TPSA) is 34.2 Å². The highest BCUT2D eigenvalue weighted by Gasteiger charge is 2.03. The molecule has 0 saturated carbocycles. The van der Waals surface area contributed by atoms with Crippen molar-refractivity contribution >= 4 is 11.6 Å². The number of hydrogen-bond acceptors (Lipinski definition) is 3. The van der Waals surface area contributed by atoms with Crippen LogP contribution in [0.1, 0.15) is 18.1 Å². The molecule has 3 nitrogen and oxygen atoms in total. The molecule has 1 N–H and O–H groups in total. The van der Waals surface area contributed by atoms with E-state index in [1.165, 1.54) is 0 Å². The number of pyridine rings is 1. The second-order valence-corrected chi connectivity index (χ2v) is 4.76. The molecule has 0 aliphatic rings. The minimum Gasteiger partial charge on any atom is -0.455 e. The average Bonchev–Trinajstić information content (AvgIpc) is 2.40. The van der Waals surface area contributed by atoms with Crippen LogP contribution in [-0.4, -0.2) is 11.5 Å². The molecule has 0 spiro atoms. The van der Waals surface area contributed by atoms with Crippen LogP contribution in [0.15, 0.2) is 36.7 Å². The Balaban J connectivity index is 2.14. The van der Waals surface area contributed by atoms with Crippen molar-refractivity contribution in [3.8, 4) is 11.5 Å². The zero-order chi connectivity index (χ0) is 13.7. The van der Waals surface area contributed by atoms with Crippen LogP contribution in [0, 0.1) is 6.92 Å². The van der Waals surface area contributed by atoms with Crippen molar-refractivity contribution in [2.24, 2.45) is 0 Å². The second kappa shape index (κ2) is 6.55. The molecule has 19 heavy (non-hydrogen) atoms. The van der Waals surface area contributed by atoms with Gasteiger partial charge in [0.1, 0.15) is 11.5 Å². The third-order valence-electron chi connectivity index (χ3n) is 2.71. The Kier molecular flexibility index (Phi) is 4.77. The summed E-state index contributed by atoms with van der Waals surface area (Å²) in [4.78, 5) is 4.19. The average molecular weight is 277 g/mol. The first-order valence-electron chi connectivity index (χ1n) is 6.27. The lowest BCUT2D eigenvalue weighted by Gasteiger charge is -2.10. The van der Waals surface area contributed by atoms with Crippen molar-refractivity contribution < 1.29 is 4.74 Å². The Bertz CT molecular complexity index is 558. The highest BCUT2D eigenvalue weighted by molar-refractivity contribution is 6.30. The van der Waals surface area contributed by atoms with E-state index in [9.17, 15) is 0 Å². The van der Waals surface area contributed by atoms with E-state index in [0.717, 1.165) is 35.7 Å². The summed E-state index contributed by atoms with van der Waals surface area (Å²) in [6.45, 7) is 5.77. The quantitative estimate of drug-likeness (QED) is 0.898. The summed E-state index contributed by atoms with van der Waals surface area (Å²) < 4.78 is 5.84. The van der Waals surface area contributed by atoms with Crippen molar-refractivity contribution in [3.05, 3.63) is 52.8 Å². The summed E-state index contributed by atoms with van der Waals surface area (Å²) >= 11 is 5.93. The van der Waals surface area contributed by atoms with Crippen LogP contribution in [-0.2, 0) is 6.54 Å². The minimum atomic E-state index is 0.712. The first kappa shape index (κ1) is 13.8. The molecule has 1 aromatic heterocycles. The lowest BCUT2D eigenvalue weighted by atomic mass is 10.2. The number of nitrogens with one attached hydrogen (secondary N) is 1. The molecule has 0 aliphatic carbocycles. The van der Waals surface area contributed by atoms with Crippen LogP contribution in [0.25, 0.3) is 0 Å². The molecule has 0 bridgehead atoms. The number of ether oxygens (including phenoxy) is 1. The van der Waals surface area contributed by atoms with Gasteiger partial charge in [0.25, 0.3) is 0 Å². The van der Waals surface area contributed by atoms with E-state index in [-0.39, 0.29) is 0 Å². The van der Waals surface area contributed by atoms with Gasteiger partial charge in [-0.2, -0.15) is 0 Å². The van der Waals surface area contributed by atoms with Gasteiger partial charge in [-0.1, -0.05) is 18.5 Å². The van der Waals surface area contributed by atoms with Gasteiger partial charge in [-0.25, -0.2) is 0 Å². The van der Waals surface area contributed by atoms with Gasteiger partial charge in [-0.15, -0.1) is 0 Å². The zero-order valence-electron chi connectivity index (χ0n) is 11.1. The number of halogens is 1. The van der Waals surface area contributed by atoms with Crippen molar-refractivity contribution in [1.29, 1.82) is 0 Å². The fraction of sp³-hybridized carbons (Fsp3) is 0.267. The third-order valence-corrected chi connectivity index (χ3v) is 2.95. The van der Waals surface area contributed by atoms with Gasteiger partial charge in [0.15, 0.2) is 0 Å². The summed E-state index contributed by atoms with van der Waals surface area (Å²) in [5, 5.41) is 3.97. The Morgan fingerprint density at radius 1 is 1.26 bits per heavy atom. The van der Waals surface area contributed by atoms with E-state index < -0.39 is 0 Å². The maximum absolute atomic E-state index is 5.93. The predicted octanol–water partition coefficient (Wildman–Crippen LogP) is 3.95. The molecule has 2 aromatic rings. The summed E-state index contributed by atoms with van der Waals surface area (Å²) in [5.41, 5.74) is 2.11. The van der Waals surface area contributed by atoms with Crippen molar-refractivity contribution in [2.75, 3.05) is 6.54 Å². The molecule has 0 saturated heterocycles. The van der Waals surface area contributed by atoms with Gasteiger partial charge in [-0.05, 0) is 48.9 Å². The molecule has 1 aromatic carbocycles. The van der Waals surface area contributed by atoms with E-state index in [0.29, 0.717) is 5.02 Å². The van der Waals surface area contributed by atoms with Crippen molar-refractivity contribution in [3.63, 3.8) is 0 Å². The molecular weight excluding hydrogens is 260 g/mol. The first-order valence-corrected chi connectivity index (χ1v) is 6.65. The smallest absolute Gasteiger partial charge is 0.146 e. The van der Waals surface area contributed by atoms with Crippen LogP contribution in [0.5, 0.6) is 11.5 Å². The van der Waals surface area contributed by atoms with Crippen LogP contribution >= 0.6 is 11.6 Å². The normalized spacial score (nSPS) is 10.5. The predicted molar refractivity (Wildman–Crippen MR) is 77.9 cm³/mol. The number of nitrogens with zero attached hydrogens (tertiary/aromatic N) is 1. The Labute approximate surface area is 118 Å². The van der Waals surface area contributed by atoms with Gasteiger partial charge in [0.2, 0.25) is 0 Å². The second-order valence-electron chi connectivity index (χ2n) is 4.32. The number of aryl methyl sites for hydroxylation is 1. The zero-order valence-corrected chi connectivity index (χ0v) is 11.9. The van der Waals surface area contributed by atoms with Crippen LogP contribution < -0.4 is 10.1 Å². The highest BCUT2D eigenvalue weighted by Crippen LogP contribution is 2.27. The number of benzene rings is 1. The van der Waals surface area contributed by atoms with E-state index >= 15 is 0 Å². The molecular formula is C15H17ClN2O. The summed E-state index contributed by atoms with van der Waals surface area (Å²) in [6, 6.07) is 7.56. The van der Waals surface area contributed by atoms with Crippen molar-refractivity contribution in [2.45, 2.75) is 20.4 Å². The molecule has 0 atom stereocenters. The number of hydrogen-bond donors (Lipinski definition) is 1. The van der Waals surface area contributed by atoms with E-state index in [4.69, 9.17) is 16.3 Å². The fourth-order valence-electron chi connectivity index (χ4n) is 1.74. The maximum Gasteiger partial charge on any atom is 0.146 e. The monoisotopic (exact) mass is 276 g/mol. The van der Waals surface area contributed by atoms with Gasteiger partial charge in [-0.3, -0.25) is 4.98 Å². The fourth-order valence-corrected chi connectivity index (χ4v) is 1.97. The third kappa shape index (κ3) is 3.94. The Hall–Kier alpha value is -1.58. The Morgan fingerprint density at radius 2 is 2.11 bits per heavy atom. The standard InChI is InChI=1S/C15H17ClN2O/c1-3-17-8-12-7-14(10-18-9-12)19-15-5-4-13(16)6-11(15)2/h4-7,9-10,17H,3,8H2,1-2H3. The molecule has 0 radical (unpaired) electrons. The Morgan fingerprint density at radius 3 is 2.84 bits per heavy atom. The van der Waals surface area contributed by atoms with Gasteiger partial charge >= 0.3 is 0 Å². The minimum absolute atomic E-state index is 0.712. The van der Waals surface area contributed by atoms with Gasteiger partial charge in [0.05, 0.1) is 6.20 Å². The van der Waals surface area contributed by atoms with Gasteiger partial charge in [0, 0.05) is 17.8 Å². The molecule has 1 heterocycles. The summed E-state index contributed by atoms with van der Waals surface area (Å²) in [7, 11) is 0. The van der Waals surface area contributed by atoms with Crippen LogP contribution in [0.2, 0.25) is 5.02 Å². The lowest BCUT2D eigenvalue weighted by molar-refractivity contribution is 0.475. The molecule has 0 unspecified atom stereocenters. The molecule has 100 valence electrons. The number of aromatic nitrogens is 1. The first-order chi connectivity index (χ1) is 9.19. The van der Waals surface area contributed by atoms with E-state index in [1.807, 2.05) is 37.4 Å². The highest BCUT2D eigenvalue weighted by atomic mass is 35.5. The van der Waals surface area contributed by atoms with Crippen molar-refractivity contribution in [1.82, 2.24) is 10.3 Å². The maximum atomic E-state index is 5.93. The van der Waals surface area contributed by atoms with Gasteiger partial charge < -0.3 is 10.1 Å². The molecule has 4 heteroatoms. The molecule has 0 fully saturated rings. The molecule has 0 amide bonds. The molecule has 0 aliphatic heterocycles. The number of rotatable bonds is 5. The molecule has 2 rings (SSSR count). The summed E-state index contributed by atoms with van der Waals surface area (Å²) in [6.07, 6.45) is 3.55.